The van der Waals surface area contributed by atoms with E-state index in [4.69, 9.17) is 4.18 Å². The first-order valence-corrected chi connectivity index (χ1v) is 16.8. The van der Waals surface area contributed by atoms with Crippen molar-refractivity contribution in [2.24, 2.45) is 0 Å². The predicted molar refractivity (Wildman–Crippen MR) is 165 cm³/mol. The summed E-state index contributed by atoms with van der Waals surface area (Å²) < 4.78 is 300. The van der Waals surface area contributed by atoms with Crippen LogP contribution >= 0.6 is 0 Å². The Kier molecular flexibility index (Phi) is 12.6. The Morgan fingerprint density at radius 2 is 0.561 bits per heavy atom. The monoisotopic (exact) mass is 862 g/mol. The Bertz CT molecular complexity index is 2070. The van der Waals surface area contributed by atoms with Crippen LogP contribution in [0, 0.1) is 130 Å². The number of halogens is 20. The molecule has 0 radical (unpaired) electrons. The third-order valence-electron chi connectivity index (χ3n) is 8.52. The van der Waals surface area contributed by atoms with Crippen molar-refractivity contribution in [2.45, 2.75) is 13.8 Å². The van der Waals surface area contributed by atoms with Crippen molar-refractivity contribution < 1.29 is 92.0 Å². The van der Waals surface area contributed by atoms with E-state index in [1.54, 1.807) is 0 Å². The van der Waals surface area contributed by atoms with Gasteiger partial charge in [-0.2, -0.15) is 0 Å². The van der Waals surface area contributed by atoms with Crippen molar-refractivity contribution in [3.8, 4) is 5.75 Å². The molecule has 5 aromatic carbocycles. The molecule has 0 atom stereocenters. The SMILES string of the molecule is Cc1cccc(O[S+](C)C)c1C.Fc1c(F)c(F)c([B-](c2c(F)c(F)c(F)c(F)c2F)(c2c(F)c(F)c(F)c(F)c2F)c2c(F)c(F)c(F)c(F)c2F)c(F)c1F. The van der Waals surface area contributed by atoms with Gasteiger partial charge in [-0.1, -0.05) is 12.1 Å². The van der Waals surface area contributed by atoms with Crippen molar-refractivity contribution in [3.05, 3.63) is 146 Å². The summed E-state index contributed by atoms with van der Waals surface area (Å²) >= 11 is 0.0149. The lowest BCUT2D eigenvalue weighted by Crippen LogP contribution is -2.81. The molecule has 0 N–H and O–H groups in total. The predicted octanol–water partition coefficient (Wildman–Crippen LogP) is 8.32. The molecule has 0 unspecified atom stereocenters. The summed E-state index contributed by atoms with van der Waals surface area (Å²) in [5.41, 5.74) is -11.8. The fraction of sp³-hybridized carbons (Fsp3) is 0.118. The fourth-order valence-electron chi connectivity index (χ4n) is 5.87. The zero-order chi connectivity index (χ0) is 43.5. The number of hydrogen-bond acceptors (Lipinski definition) is 1. The van der Waals surface area contributed by atoms with Gasteiger partial charge in [0, 0.05) is 5.56 Å². The second kappa shape index (κ2) is 16.0. The summed E-state index contributed by atoms with van der Waals surface area (Å²) in [5.74, 6) is -70.4. The van der Waals surface area contributed by atoms with Crippen molar-refractivity contribution in [2.75, 3.05) is 12.5 Å². The molecule has 0 aromatic heterocycles. The number of benzene rings is 5. The first kappa shape index (κ1) is 44.6. The summed E-state index contributed by atoms with van der Waals surface area (Å²) in [4.78, 5) is 0. The largest absolute Gasteiger partial charge is 0.286 e. The summed E-state index contributed by atoms with van der Waals surface area (Å²) in [6, 6.07) is 6.16. The smallest absolute Gasteiger partial charge is 0.200 e. The molecule has 5 aromatic rings. The summed E-state index contributed by atoms with van der Waals surface area (Å²) in [7, 11) is 0. The Balaban J connectivity index is 0.000000512. The maximum atomic E-state index is 15.4. The van der Waals surface area contributed by atoms with Crippen LogP contribution < -0.4 is 26.0 Å². The van der Waals surface area contributed by atoms with Crippen LogP contribution in [0.3, 0.4) is 0 Å². The summed E-state index contributed by atoms with van der Waals surface area (Å²) in [6.07, 6.45) is -3.07. The Hall–Kier alpha value is -5.09. The van der Waals surface area contributed by atoms with Gasteiger partial charge in [-0.25, -0.2) is 87.8 Å². The van der Waals surface area contributed by atoms with E-state index in [1.807, 2.05) is 12.1 Å². The molecule has 0 amide bonds. The molecule has 0 aliphatic carbocycles. The highest BCUT2D eigenvalue weighted by Crippen LogP contribution is 2.31. The van der Waals surface area contributed by atoms with Gasteiger partial charge < -0.3 is 0 Å². The molecule has 0 fully saturated rings. The zero-order valence-corrected chi connectivity index (χ0v) is 29.0. The Morgan fingerprint density at radius 1 is 0.351 bits per heavy atom. The third kappa shape index (κ3) is 6.90. The molecule has 306 valence electrons. The van der Waals surface area contributed by atoms with Crippen LogP contribution in [-0.2, 0) is 11.2 Å². The van der Waals surface area contributed by atoms with E-state index in [1.165, 1.54) is 11.1 Å². The second-order valence-corrected chi connectivity index (χ2v) is 13.5. The van der Waals surface area contributed by atoms with Gasteiger partial charge in [0.2, 0.25) is 0 Å². The van der Waals surface area contributed by atoms with Crippen LogP contribution in [-0.4, -0.2) is 18.7 Å². The van der Waals surface area contributed by atoms with Gasteiger partial charge in [-0.15, -0.1) is 21.9 Å². The molecular formula is C34H15BF20OS. The second-order valence-electron chi connectivity index (χ2n) is 11.8. The van der Waals surface area contributed by atoms with E-state index in [9.17, 15) is 52.7 Å². The van der Waals surface area contributed by atoms with Crippen LogP contribution in [0.4, 0.5) is 87.8 Å². The molecule has 0 aliphatic rings. The molecule has 0 saturated heterocycles. The van der Waals surface area contributed by atoms with E-state index in [2.05, 4.69) is 32.4 Å². The topological polar surface area (TPSA) is 9.23 Å². The molecule has 0 saturated carbocycles. The minimum atomic E-state index is -7.22. The third-order valence-corrected chi connectivity index (χ3v) is 9.03. The van der Waals surface area contributed by atoms with E-state index in [0.29, 0.717) is 0 Å². The number of hydrogen-bond donors (Lipinski definition) is 0. The van der Waals surface area contributed by atoms with Gasteiger partial charge in [0.1, 0.15) is 65.2 Å². The van der Waals surface area contributed by atoms with Gasteiger partial charge in [0.15, 0.2) is 86.7 Å². The summed E-state index contributed by atoms with van der Waals surface area (Å²) in [6.45, 7) is 4.20. The molecule has 0 bridgehead atoms. The normalized spacial score (nSPS) is 11.7. The van der Waals surface area contributed by atoms with Crippen molar-refractivity contribution >= 4 is 39.2 Å². The van der Waals surface area contributed by atoms with Crippen LogP contribution in [0.1, 0.15) is 11.1 Å². The molecule has 57 heavy (non-hydrogen) atoms. The van der Waals surface area contributed by atoms with Gasteiger partial charge in [0.25, 0.3) is 0 Å². The lowest BCUT2D eigenvalue weighted by Gasteiger charge is -2.44. The Labute approximate surface area is 309 Å². The lowest BCUT2D eigenvalue weighted by atomic mass is 9.12. The molecular weight excluding hydrogens is 847 g/mol. The quantitative estimate of drug-likeness (QED) is 0.0549. The standard InChI is InChI=1S/C24BF20.C10H15OS/c26-5-1(6(27)14(35)21(42)13(5)34)25(2-7(28)15(36)22(43)16(37)8(2)29,3-9(30)17(38)23(44)18(39)10(3)31)4-11(32)19(40)24(45)20(41)12(4)33;1-8-6-5-7-10(9(8)2)11-12(3)4/h;5-7H,1-4H3/q-1;+1. The van der Waals surface area contributed by atoms with E-state index >= 15 is 35.1 Å². The summed E-state index contributed by atoms with van der Waals surface area (Å²) in [5, 5.41) is 0. The number of aryl methyl sites for hydroxylation is 1. The Morgan fingerprint density at radius 3 is 0.772 bits per heavy atom. The average molecular weight is 862 g/mol. The molecule has 0 aliphatic heterocycles. The molecule has 1 nitrogen and oxygen atoms in total. The van der Waals surface area contributed by atoms with Crippen LogP contribution in [0.15, 0.2) is 18.2 Å². The minimum Gasteiger partial charge on any atom is -0.286 e. The molecule has 23 heteroatoms. The van der Waals surface area contributed by atoms with Crippen LogP contribution in [0.25, 0.3) is 0 Å². The van der Waals surface area contributed by atoms with E-state index in [0.717, 1.165) is 5.75 Å². The van der Waals surface area contributed by atoms with Gasteiger partial charge in [0.05, 0.1) is 0 Å². The fourth-order valence-corrected chi connectivity index (χ4v) is 6.41. The highest BCUT2D eigenvalue weighted by molar-refractivity contribution is 7.91. The van der Waals surface area contributed by atoms with Crippen molar-refractivity contribution in [3.63, 3.8) is 0 Å². The zero-order valence-electron chi connectivity index (χ0n) is 28.2. The van der Waals surface area contributed by atoms with E-state index < -0.39 is 144 Å². The van der Waals surface area contributed by atoms with Crippen LogP contribution in [0.5, 0.6) is 5.75 Å². The van der Waals surface area contributed by atoms with Crippen LogP contribution in [0.2, 0.25) is 0 Å². The van der Waals surface area contributed by atoms with Gasteiger partial charge in [-0.3, -0.25) is 4.18 Å². The average Bonchev–Trinajstić information content (AvgIpc) is 3.16. The lowest BCUT2D eigenvalue weighted by molar-refractivity contribution is 0.378. The molecule has 5 rings (SSSR count). The van der Waals surface area contributed by atoms with Crippen molar-refractivity contribution in [1.29, 1.82) is 0 Å². The molecule has 0 spiro atoms. The highest BCUT2D eigenvalue weighted by Gasteiger charge is 2.52. The minimum absolute atomic E-state index is 0.0149. The van der Waals surface area contributed by atoms with Gasteiger partial charge >= 0.3 is 0 Å². The highest BCUT2D eigenvalue weighted by atomic mass is 32.2. The van der Waals surface area contributed by atoms with Gasteiger partial charge in [-0.05, 0) is 25.5 Å². The van der Waals surface area contributed by atoms with Crippen molar-refractivity contribution in [1.82, 2.24) is 0 Å². The maximum Gasteiger partial charge on any atom is 0.200 e. The first-order valence-electron chi connectivity index (χ1n) is 14.9. The maximum absolute atomic E-state index is 15.4. The first-order chi connectivity index (χ1) is 26.3. The molecule has 0 heterocycles. The van der Waals surface area contributed by atoms with E-state index in [-0.39, 0.29) is 11.2 Å². The number of rotatable bonds is 6.